The molecule has 0 spiro atoms. The van der Waals surface area contributed by atoms with Gasteiger partial charge in [-0.1, -0.05) is 32.9 Å². The van der Waals surface area contributed by atoms with Crippen molar-refractivity contribution in [1.82, 2.24) is 0 Å². The molecular formula is C18H22FNO2S. The molecule has 0 saturated heterocycles. The zero-order chi connectivity index (χ0) is 17.4. The molecule has 0 bridgehead atoms. The summed E-state index contributed by atoms with van der Waals surface area (Å²) in [6.07, 6.45) is 0. The third-order valence-electron chi connectivity index (χ3n) is 3.78. The summed E-state index contributed by atoms with van der Waals surface area (Å²) in [5.74, 6) is -0.392. The number of hydrogen-bond acceptors (Lipinski definition) is 2. The summed E-state index contributed by atoms with van der Waals surface area (Å²) >= 11 is 0. The molecule has 0 aliphatic heterocycles. The van der Waals surface area contributed by atoms with Gasteiger partial charge < -0.3 is 0 Å². The van der Waals surface area contributed by atoms with Crippen LogP contribution in [0.2, 0.25) is 0 Å². The highest BCUT2D eigenvalue weighted by Gasteiger charge is 2.22. The Kier molecular flexibility index (Phi) is 4.53. The minimum absolute atomic E-state index is 0.149. The Bertz CT molecular complexity index is 837. The molecule has 2 rings (SSSR count). The van der Waals surface area contributed by atoms with Gasteiger partial charge in [0.1, 0.15) is 5.82 Å². The van der Waals surface area contributed by atoms with E-state index >= 15 is 0 Å². The molecule has 5 heteroatoms. The number of nitrogens with one attached hydrogen (secondary N) is 1. The summed E-state index contributed by atoms with van der Waals surface area (Å²) in [6.45, 7) is 9.53. The Morgan fingerprint density at radius 3 is 2.17 bits per heavy atom. The van der Waals surface area contributed by atoms with Crippen LogP contribution in [0.15, 0.2) is 41.3 Å². The van der Waals surface area contributed by atoms with Crippen LogP contribution in [0.25, 0.3) is 0 Å². The van der Waals surface area contributed by atoms with Crippen molar-refractivity contribution < 1.29 is 12.8 Å². The fraction of sp³-hybridized carbons (Fsp3) is 0.333. The van der Waals surface area contributed by atoms with Gasteiger partial charge in [-0.3, -0.25) is 4.72 Å². The van der Waals surface area contributed by atoms with E-state index in [9.17, 15) is 12.8 Å². The SMILES string of the molecule is Cc1cc(F)ccc1NS(=O)(=O)c1cc(C(C)(C)C)ccc1C. The van der Waals surface area contributed by atoms with Crippen LogP contribution >= 0.6 is 0 Å². The van der Waals surface area contributed by atoms with Crippen LogP contribution in [0.5, 0.6) is 0 Å². The summed E-state index contributed by atoms with van der Waals surface area (Å²) in [5.41, 5.74) is 2.39. The predicted molar refractivity (Wildman–Crippen MR) is 91.8 cm³/mol. The summed E-state index contributed by atoms with van der Waals surface area (Å²) < 4.78 is 41.2. The third-order valence-corrected chi connectivity index (χ3v) is 5.28. The van der Waals surface area contributed by atoms with Gasteiger partial charge in [0.05, 0.1) is 10.6 Å². The van der Waals surface area contributed by atoms with Gasteiger partial charge in [-0.15, -0.1) is 0 Å². The monoisotopic (exact) mass is 335 g/mol. The Morgan fingerprint density at radius 2 is 1.61 bits per heavy atom. The van der Waals surface area contributed by atoms with Crippen LogP contribution in [-0.2, 0) is 15.4 Å². The lowest BCUT2D eigenvalue weighted by atomic mass is 9.87. The molecule has 2 aromatic rings. The van der Waals surface area contributed by atoms with E-state index < -0.39 is 15.8 Å². The van der Waals surface area contributed by atoms with Gasteiger partial charge in [0.2, 0.25) is 0 Å². The van der Waals surface area contributed by atoms with E-state index in [1.54, 1.807) is 19.9 Å². The van der Waals surface area contributed by atoms with Gasteiger partial charge in [0, 0.05) is 0 Å². The van der Waals surface area contributed by atoms with Crippen molar-refractivity contribution in [3.63, 3.8) is 0 Å². The zero-order valence-corrected chi connectivity index (χ0v) is 14.9. The first-order chi connectivity index (χ1) is 10.5. The summed E-state index contributed by atoms with van der Waals surface area (Å²) in [4.78, 5) is 0.244. The van der Waals surface area contributed by atoms with Crippen LogP contribution in [-0.4, -0.2) is 8.42 Å². The molecule has 0 radical (unpaired) electrons. The Hall–Kier alpha value is -1.88. The predicted octanol–water partition coefficient (Wildman–Crippen LogP) is 4.54. The molecular weight excluding hydrogens is 313 g/mol. The van der Waals surface area contributed by atoms with Crippen LogP contribution < -0.4 is 4.72 Å². The van der Waals surface area contributed by atoms with E-state index in [4.69, 9.17) is 0 Å². The fourth-order valence-corrected chi connectivity index (χ4v) is 3.70. The normalized spacial score (nSPS) is 12.3. The number of hydrogen-bond donors (Lipinski definition) is 1. The quantitative estimate of drug-likeness (QED) is 0.895. The smallest absolute Gasteiger partial charge is 0.262 e. The van der Waals surface area contributed by atoms with Gasteiger partial charge in [-0.05, 0) is 60.2 Å². The molecule has 1 N–H and O–H groups in total. The first kappa shape index (κ1) is 17.5. The van der Waals surface area contributed by atoms with E-state index in [-0.39, 0.29) is 10.3 Å². The number of anilines is 1. The van der Waals surface area contributed by atoms with Crippen LogP contribution in [0, 0.1) is 19.7 Å². The zero-order valence-electron chi connectivity index (χ0n) is 14.1. The van der Waals surface area contributed by atoms with Crippen molar-refractivity contribution in [2.24, 2.45) is 0 Å². The molecule has 0 aromatic heterocycles. The second-order valence-corrected chi connectivity index (χ2v) is 8.45. The van der Waals surface area contributed by atoms with Gasteiger partial charge in [0.25, 0.3) is 10.0 Å². The molecule has 0 fully saturated rings. The maximum absolute atomic E-state index is 13.2. The molecule has 124 valence electrons. The Balaban J connectivity index is 2.47. The highest BCUT2D eigenvalue weighted by Crippen LogP contribution is 2.28. The maximum Gasteiger partial charge on any atom is 0.262 e. The molecule has 0 heterocycles. The number of benzene rings is 2. The molecule has 0 unspecified atom stereocenters. The molecule has 23 heavy (non-hydrogen) atoms. The number of halogens is 1. The summed E-state index contributed by atoms with van der Waals surface area (Å²) in [7, 11) is -3.73. The molecule has 0 aliphatic carbocycles. The first-order valence-corrected chi connectivity index (χ1v) is 8.89. The van der Waals surface area contributed by atoms with Crippen LogP contribution in [0.4, 0.5) is 10.1 Å². The van der Waals surface area contributed by atoms with Crippen molar-refractivity contribution in [2.75, 3.05) is 4.72 Å². The minimum Gasteiger partial charge on any atom is -0.279 e. The van der Waals surface area contributed by atoms with Crippen LogP contribution in [0.3, 0.4) is 0 Å². The fourth-order valence-electron chi connectivity index (χ4n) is 2.30. The number of sulfonamides is 1. The Labute approximate surface area is 137 Å². The van der Waals surface area contributed by atoms with Gasteiger partial charge in [-0.2, -0.15) is 0 Å². The number of aryl methyl sites for hydroxylation is 2. The lowest BCUT2D eigenvalue weighted by Crippen LogP contribution is -2.17. The van der Waals surface area contributed by atoms with Gasteiger partial charge in [-0.25, -0.2) is 12.8 Å². The summed E-state index contributed by atoms with van der Waals surface area (Å²) in [5, 5.41) is 0. The van der Waals surface area contributed by atoms with Crippen molar-refractivity contribution in [3.05, 3.63) is 58.9 Å². The molecule has 0 atom stereocenters. The Morgan fingerprint density at radius 1 is 0.957 bits per heavy atom. The standard InChI is InChI=1S/C18H22FNO2S/c1-12-6-7-14(18(3,4)5)11-17(12)23(21,22)20-16-9-8-15(19)10-13(16)2/h6-11,20H,1-5H3. The van der Waals surface area contributed by atoms with Gasteiger partial charge >= 0.3 is 0 Å². The largest absolute Gasteiger partial charge is 0.279 e. The lowest BCUT2D eigenvalue weighted by molar-refractivity contribution is 0.584. The topological polar surface area (TPSA) is 46.2 Å². The molecule has 0 amide bonds. The average Bonchev–Trinajstić information content (AvgIpc) is 2.41. The first-order valence-electron chi connectivity index (χ1n) is 7.41. The van der Waals surface area contributed by atoms with E-state index in [2.05, 4.69) is 4.72 Å². The molecule has 3 nitrogen and oxygen atoms in total. The van der Waals surface area contributed by atoms with E-state index in [0.717, 1.165) is 5.56 Å². The van der Waals surface area contributed by atoms with Crippen molar-refractivity contribution >= 4 is 15.7 Å². The third kappa shape index (κ3) is 3.91. The summed E-state index contributed by atoms with van der Waals surface area (Å²) in [6, 6.07) is 9.44. The van der Waals surface area contributed by atoms with E-state index in [1.807, 2.05) is 32.9 Å². The maximum atomic E-state index is 13.2. The van der Waals surface area contributed by atoms with Crippen LogP contribution in [0.1, 0.15) is 37.5 Å². The van der Waals surface area contributed by atoms with Gasteiger partial charge in [0.15, 0.2) is 0 Å². The molecule has 0 aliphatic rings. The van der Waals surface area contributed by atoms with E-state index in [0.29, 0.717) is 16.8 Å². The lowest BCUT2D eigenvalue weighted by Gasteiger charge is -2.21. The number of rotatable bonds is 3. The minimum atomic E-state index is -3.73. The molecule has 0 saturated carbocycles. The van der Waals surface area contributed by atoms with Crippen molar-refractivity contribution in [2.45, 2.75) is 44.9 Å². The average molecular weight is 335 g/mol. The van der Waals surface area contributed by atoms with Crippen molar-refractivity contribution in [3.8, 4) is 0 Å². The second-order valence-electron chi connectivity index (χ2n) is 6.80. The highest BCUT2D eigenvalue weighted by atomic mass is 32.2. The van der Waals surface area contributed by atoms with Crippen molar-refractivity contribution in [1.29, 1.82) is 0 Å². The molecule has 2 aromatic carbocycles. The van der Waals surface area contributed by atoms with E-state index in [1.165, 1.54) is 18.2 Å². The highest BCUT2D eigenvalue weighted by molar-refractivity contribution is 7.92. The second kappa shape index (κ2) is 5.96.